The number of rotatable bonds is 3. The lowest BCUT2D eigenvalue weighted by Crippen LogP contribution is -2.11. The third-order valence-electron chi connectivity index (χ3n) is 2.13. The van der Waals surface area contributed by atoms with E-state index in [0.29, 0.717) is 11.3 Å². The number of aryl methyl sites for hydroxylation is 1. The Labute approximate surface area is 94.6 Å². The number of aromatic carboxylic acids is 1. The van der Waals surface area contributed by atoms with Gasteiger partial charge in [0, 0.05) is 17.1 Å². The van der Waals surface area contributed by atoms with Gasteiger partial charge in [-0.1, -0.05) is 11.3 Å². The fourth-order valence-electron chi connectivity index (χ4n) is 1.41. The molecule has 0 spiro atoms. The second kappa shape index (κ2) is 3.97. The molecule has 0 fully saturated rings. The minimum absolute atomic E-state index is 0.0710. The maximum Gasteiger partial charge on any atom is 0.372 e. The van der Waals surface area contributed by atoms with E-state index in [2.05, 4.69) is 0 Å². The number of thiazole rings is 1. The molecule has 1 N–H and O–H groups in total. The molecule has 0 saturated heterocycles. The van der Waals surface area contributed by atoms with E-state index in [9.17, 15) is 9.59 Å². The smallest absolute Gasteiger partial charge is 0.372 e. The highest BCUT2D eigenvalue weighted by molar-refractivity contribution is 7.07. The molecule has 0 unspecified atom stereocenters. The van der Waals surface area contributed by atoms with Gasteiger partial charge in [-0.25, -0.2) is 4.79 Å². The molecule has 0 aromatic carbocycles. The first kappa shape index (κ1) is 10.7. The van der Waals surface area contributed by atoms with Crippen molar-refractivity contribution in [3.05, 3.63) is 44.4 Å². The summed E-state index contributed by atoms with van der Waals surface area (Å²) in [7, 11) is 0. The molecule has 84 valence electrons. The Balaban J connectivity index is 2.30. The van der Waals surface area contributed by atoms with Gasteiger partial charge in [0.15, 0.2) is 0 Å². The van der Waals surface area contributed by atoms with Gasteiger partial charge in [0.25, 0.3) is 0 Å². The van der Waals surface area contributed by atoms with Crippen LogP contribution in [0.5, 0.6) is 0 Å². The van der Waals surface area contributed by atoms with Crippen molar-refractivity contribution < 1.29 is 14.3 Å². The van der Waals surface area contributed by atoms with Crippen LogP contribution < -0.4 is 4.87 Å². The summed E-state index contributed by atoms with van der Waals surface area (Å²) in [6.07, 6.45) is 1.64. The van der Waals surface area contributed by atoms with Crippen molar-refractivity contribution in [2.45, 2.75) is 13.5 Å². The quantitative estimate of drug-likeness (QED) is 0.882. The zero-order chi connectivity index (χ0) is 11.7. The van der Waals surface area contributed by atoms with Crippen molar-refractivity contribution in [1.82, 2.24) is 4.57 Å². The van der Waals surface area contributed by atoms with Gasteiger partial charge in [-0.15, -0.1) is 0 Å². The van der Waals surface area contributed by atoms with Crippen molar-refractivity contribution in [2.24, 2.45) is 0 Å². The zero-order valence-electron chi connectivity index (χ0n) is 8.47. The minimum Gasteiger partial charge on any atom is -0.475 e. The summed E-state index contributed by atoms with van der Waals surface area (Å²) in [6, 6.07) is 1.63. The first-order chi connectivity index (χ1) is 7.58. The van der Waals surface area contributed by atoms with Crippen LogP contribution in [0, 0.1) is 6.92 Å². The lowest BCUT2D eigenvalue weighted by atomic mass is 10.2. The van der Waals surface area contributed by atoms with E-state index < -0.39 is 5.97 Å². The Morgan fingerprint density at radius 2 is 2.38 bits per heavy atom. The van der Waals surface area contributed by atoms with Crippen LogP contribution in [0.2, 0.25) is 0 Å². The monoisotopic (exact) mass is 239 g/mol. The summed E-state index contributed by atoms with van der Waals surface area (Å²) in [5.41, 5.74) is 0.561. The van der Waals surface area contributed by atoms with Crippen molar-refractivity contribution in [3.63, 3.8) is 0 Å². The van der Waals surface area contributed by atoms with Crippen LogP contribution in [0.25, 0.3) is 0 Å². The van der Waals surface area contributed by atoms with E-state index in [1.165, 1.54) is 4.57 Å². The van der Waals surface area contributed by atoms with Crippen molar-refractivity contribution >= 4 is 17.3 Å². The third kappa shape index (κ3) is 1.92. The molecule has 0 aliphatic rings. The van der Waals surface area contributed by atoms with E-state index >= 15 is 0 Å². The lowest BCUT2D eigenvalue weighted by molar-refractivity contribution is 0.0659. The topological polar surface area (TPSA) is 72.4 Å². The number of carbonyl (C=O) groups is 1. The molecule has 2 heterocycles. The SMILES string of the molecule is Cc1cc(Cn2ccsc2=O)oc1C(=O)O. The number of hydrogen-bond acceptors (Lipinski definition) is 4. The van der Waals surface area contributed by atoms with Gasteiger partial charge >= 0.3 is 10.8 Å². The summed E-state index contributed by atoms with van der Waals surface area (Å²) in [4.78, 5) is 21.9. The molecule has 0 bridgehead atoms. The van der Waals surface area contributed by atoms with Gasteiger partial charge in [0.05, 0.1) is 6.54 Å². The van der Waals surface area contributed by atoms with Crippen LogP contribution in [-0.2, 0) is 6.54 Å². The normalized spacial score (nSPS) is 10.6. The molecule has 0 aliphatic heterocycles. The van der Waals surface area contributed by atoms with E-state index in [4.69, 9.17) is 9.52 Å². The largest absolute Gasteiger partial charge is 0.475 e. The van der Waals surface area contributed by atoms with Gasteiger partial charge in [-0.05, 0) is 13.0 Å². The molecule has 0 amide bonds. The van der Waals surface area contributed by atoms with Crippen LogP contribution in [0.1, 0.15) is 21.9 Å². The highest BCUT2D eigenvalue weighted by Crippen LogP contribution is 2.15. The Kier molecular flexibility index (Phi) is 2.66. The fraction of sp³-hybridized carbons (Fsp3) is 0.200. The molecule has 0 atom stereocenters. The van der Waals surface area contributed by atoms with Gasteiger partial charge in [-0.3, -0.25) is 9.36 Å². The number of carboxylic acid groups (broad SMARTS) is 1. The Hall–Kier alpha value is -1.82. The molecule has 6 heteroatoms. The maximum absolute atomic E-state index is 11.3. The van der Waals surface area contributed by atoms with Crippen LogP contribution in [0.15, 0.2) is 26.9 Å². The number of hydrogen-bond donors (Lipinski definition) is 1. The number of furan rings is 1. The van der Waals surface area contributed by atoms with Crippen LogP contribution in [0.3, 0.4) is 0 Å². The first-order valence-electron chi connectivity index (χ1n) is 4.54. The number of carboxylic acids is 1. The molecular weight excluding hydrogens is 230 g/mol. The van der Waals surface area contributed by atoms with E-state index in [-0.39, 0.29) is 17.2 Å². The van der Waals surface area contributed by atoms with Gasteiger partial charge in [0.1, 0.15) is 5.76 Å². The molecule has 2 aromatic heterocycles. The zero-order valence-corrected chi connectivity index (χ0v) is 9.28. The third-order valence-corrected chi connectivity index (χ3v) is 2.83. The van der Waals surface area contributed by atoms with Gasteiger partial charge < -0.3 is 9.52 Å². The Bertz CT molecular complexity index is 578. The van der Waals surface area contributed by atoms with E-state index in [1.807, 2.05) is 0 Å². The maximum atomic E-state index is 11.3. The summed E-state index contributed by atoms with van der Waals surface area (Å²) in [5, 5.41) is 10.5. The summed E-state index contributed by atoms with van der Waals surface area (Å²) in [5.74, 6) is -0.699. The molecular formula is C10H9NO4S. The van der Waals surface area contributed by atoms with Crippen molar-refractivity contribution in [1.29, 1.82) is 0 Å². The van der Waals surface area contributed by atoms with E-state index in [0.717, 1.165) is 11.3 Å². The predicted octanol–water partition coefficient (Wildman–Crippen LogP) is 1.56. The average Bonchev–Trinajstić information content (AvgIpc) is 2.75. The van der Waals surface area contributed by atoms with Crippen LogP contribution >= 0.6 is 11.3 Å². The first-order valence-corrected chi connectivity index (χ1v) is 5.42. The Morgan fingerprint density at radius 3 is 2.88 bits per heavy atom. The molecule has 2 rings (SSSR count). The van der Waals surface area contributed by atoms with Gasteiger partial charge in [0.2, 0.25) is 5.76 Å². The second-order valence-electron chi connectivity index (χ2n) is 3.33. The lowest BCUT2D eigenvalue weighted by Gasteiger charge is -1.96. The molecule has 0 saturated carbocycles. The van der Waals surface area contributed by atoms with Crippen molar-refractivity contribution in [2.75, 3.05) is 0 Å². The fourth-order valence-corrected chi connectivity index (χ4v) is 2.00. The highest BCUT2D eigenvalue weighted by Gasteiger charge is 2.14. The van der Waals surface area contributed by atoms with E-state index in [1.54, 1.807) is 24.6 Å². The molecule has 16 heavy (non-hydrogen) atoms. The molecule has 0 aliphatic carbocycles. The minimum atomic E-state index is -1.10. The average molecular weight is 239 g/mol. The predicted molar refractivity (Wildman–Crippen MR) is 58.1 cm³/mol. The molecule has 2 aromatic rings. The number of aromatic nitrogens is 1. The van der Waals surface area contributed by atoms with Crippen molar-refractivity contribution in [3.8, 4) is 0 Å². The number of nitrogens with zero attached hydrogens (tertiary/aromatic N) is 1. The Morgan fingerprint density at radius 1 is 1.62 bits per heavy atom. The van der Waals surface area contributed by atoms with Gasteiger partial charge in [-0.2, -0.15) is 0 Å². The molecule has 0 radical (unpaired) electrons. The molecule has 5 nitrogen and oxygen atoms in total. The summed E-state index contributed by atoms with van der Waals surface area (Å²) >= 11 is 1.09. The van der Waals surface area contributed by atoms with Crippen LogP contribution in [0.4, 0.5) is 0 Å². The summed E-state index contributed by atoms with van der Waals surface area (Å²) in [6.45, 7) is 1.92. The highest BCUT2D eigenvalue weighted by atomic mass is 32.1. The summed E-state index contributed by atoms with van der Waals surface area (Å²) < 4.78 is 6.62. The standard InChI is InChI=1S/C10H9NO4S/c1-6-4-7(15-8(6)9(12)13)5-11-2-3-16-10(11)14/h2-4H,5H2,1H3,(H,12,13). The second-order valence-corrected chi connectivity index (χ2v) is 4.18. The van der Waals surface area contributed by atoms with Crippen LogP contribution in [-0.4, -0.2) is 15.6 Å².